The summed E-state index contributed by atoms with van der Waals surface area (Å²) in [6, 6.07) is 4.63. The molecule has 2 aromatic rings. The van der Waals surface area contributed by atoms with Crippen LogP contribution in [0.3, 0.4) is 0 Å². The van der Waals surface area contributed by atoms with Crippen molar-refractivity contribution in [2.24, 2.45) is 0 Å². The molecule has 1 aromatic heterocycles. The summed E-state index contributed by atoms with van der Waals surface area (Å²) in [5.41, 5.74) is 1.84. The third kappa shape index (κ3) is 5.63. The van der Waals surface area contributed by atoms with E-state index in [1.165, 1.54) is 51.4 Å². The zero-order valence-electron chi connectivity index (χ0n) is 19.9. The van der Waals surface area contributed by atoms with Crippen molar-refractivity contribution in [3.8, 4) is 17.6 Å². The highest BCUT2D eigenvalue weighted by Crippen LogP contribution is 2.32. The van der Waals surface area contributed by atoms with Gasteiger partial charge in [-0.2, -0.15) is 4.98 Å². The predicted octanol–water partition coefficient (Wildman–Crippen LogP) is 4.68. The van der Waals surface area contributed by atoms with E-state index < -0.39 is 0 Å². The number of methoxy groups -OCH3 is 1. The van der Waals surface area contributed by atoms with Crippen molar-refractivity contribution in [2.45, 2.75) is 63.8 Å². The first-order valence-electron chi connectivity index (χ1n) is 12.2. The Morgan fingerprint density at radius 2 is 1.81 bits per heavy atom. The van der Waals surface area contributed by atoms with Gasteiger partial charge in [-0.15, -0.1) is 0 Å². The minimum atomic E-state index is 0.479. The number of nitrogens with one attached hydrogen (secondary N) is 1. The molecule has 6 nitrogen and oxygen atoms in total. The smallest absolute Gasteiger partial charge is 0.227 e. The SMILES string of the molecule is COc1cc2c(NC3CCCCC3)nc(N3CCCCC3)nc2cc1C#CCCN(C)C. The van der Waals surface area contributed by atoms with E-state index in [1.807, 2.05) is 0 Å². The average molecular weight is 436 g/mol. The lowest BCUT2D eigenvalue weighted by atomic mass is 9.95. The third-order valence-corrected chi connectivity index (χ3v) is 6.50. The molecule has 0 atom stereocenters. The number of benzene rings is 1. The largest absolute Gasteiger partial charge is 0.495 e. The van der Waals surface area contributed by atoms with E-state index in [4.69, 9.17) is 14.7 Å². The van der Waals surface area contributed by atoms with Crippen molar-refractivity contribution >= 4 is 22.7 Å². The minimum absolute atomic E-state index is 0.479. The molecule has 172 valence electrons. The molecule has 2 heterocycles. The van der Waals surface area contributed by atoms with Crippen molar-refractivity contribution in [3.63, 3.8) is 0 Å². The molecular formula is C26H37N5O. The van der Waals surface area contributed by atoms with Gasteiger partial charge in [-0.05, 0) is 58.3 Å². The van der Waals surface area contributed by atoms with Crippen LogP contribution < -0.4 is 15.0 Å². The van der Waals surface area contributed by atoms with Crippen molar-refractivity contribution in [1.29, 1.82) is 0 Å². The predicted molar refractivity (Wildman–Crippen MR) is 133 cm³/mol. The lowest BCUT2D eigenvalue weighted by Crippen LogP contribution is -2.31. The van der Waals surface area contributed by atoms with Crippen molar-refractivity contribution in [2.75, 3.05) is 51.1 Å². The Morgan fingerprint density at radius 1 is 1.06 bits per heavy atom. The molecule has 0 radical (unpaired) electrons. The molecule has 0 bridgehead atoms. The number of anilines is 2. The first-order chi connectivity index (χ1) is 15.6. The fraction of sp³-hybridized carbons (Fsp3) is 0.615. The molecule has 0 unspecified atom stereocenters. The van der Waals surface area contributed by atoms with Gasteiger partial charge in [0.25, 0.3) is 0 Å². The molecule has 1 N–H and O–H groups in total. The van der Waals surface area contributed by atoms with E-state index in [1.54, 1.807) is 7.11 Å². The highest BCUT2D eigenvalue weighted by atomic mass is 16.5. The van der Waals surface area contributed by atoms with Crippen LogP contribution >= 0.6 is 0 Å². The Balaban J connectivity index is 1.72. The van der Waals surface area contributed by atoms with Gasteiger partial charge in [0.15, 0.2) is 0 Å². The number of nitrogens with zero attached hydrogens (tertiary/aromatic N) is 4. The zero-order chi connectivity index (χ0) is 22.3. The Labute approximate surface area is 192 Å². The van der Waals surface area contributed by atoms with E-state index in [-0.39, 0.29) is 0 Å². The number of piperidine rings is 1. The maximum atomic E-state index is 5.72. The van der Waals surface area contributed by atoms with E-state index in [2.05, 4.69) is 53.2 Å². The maximum absolute atomic E-state index is 5.72. The van der Waals surface area contributed by atoms with Crippen LogP contribution in [0, 0.1) is 11.8 Å². The van der Waals surface area contributed by atoms with Gasteiger partial charge in [-0.25, -0.2) is 4.98 Å². The summed E-state index contributed by atoms with van der Waals surface area (Å²) < 4.78 is 5.72. The van der Waals surface area contributed by atoms with Gasteiger partial charge >= 0.3 is 0 Å². The van der Waals surface area contributed by atoms with Crippen LogP contribution in [0.15, 0.2) is 12.1 Å². The summed E-state index contributed by atoms with van der Waals surface area (Å²) in [6.07, 6.45) is 10.9. The molecule has 1 saturated carbocycles. The fourth-order valence-electron chi connectivity index (χ4n) is 4.63. The van der Waals surface area contributed by atoms with Crippen molar-refractivity contribution in [1.82, 2.24) is 14.9 Å². The van der Waals surface area contributed by atoms with Crippen LogP contribution in [0.25, 0.3) is 10.9 Å². The van der Waals surface area contributed by atoms with E-state index in [0.717, 1.165) is 60.0 Å². The molecule has 2 aliphatic rings. The molecule has 1 aliphatic heterocycles. The Hall–Kier alpha value is -2.52. The minimum Gasteiger partial charge on any atom is -0.495 e. The van der Waals surface area contributed by atoms with Gasteiger partial charge in [-0.3, -0.25) is 0 Å². The Kier molecular flexibility index (Phi) is 7.70. The molecule has 1 saturated heterocycles. The summed E-state index contributed by atoms with van der Waals surface area (Å²) in [5.74, 6) is 9.17. The molecule has 32 heavy (non-hydrogen) atoms. The molecule has 2 fully saturated rings. The Bertz CT molecular complexity index is 966. The number of aromatic nitrogens is 2. The van der Waals surface area contributed by atoms with Gasteiger partial charge < -0.3 is 19.9 Å². The summed E-state index contributed by atoms with van der Waals surface area (Å²) in [4.78, 5) is 14.5. The second-order valence-electron chi connectivity index (χ2n) is 9.32. The van der Waals surface area contributed by atoms with Crippen LogP contribution in [-0.4, -0.2) is 61.7 Å². The molecule has 1 aliphatic carbocycles. The molecule has 6 heteroatoms. The number of hydrogen-bond acceptors (Lipinski definition) is 6. The van der Waals surface area contributed by atoms with Crippen LogP contribution in [0.2, 0.25) is 0 Å². The zero-order valence-corrected chi connectivity index (χ0v) is 19.9. The van der Waals surface area contributed by atoms with Crippen LogP contribution in [0.1, 0.15) is 63.4 Å². The van der Waals surface area contributed by atoms with E-state index >= 15 is 0 Å². The number of hydrogen-bond donors (Lipinski definition) is 1. The van der Waals surface area contributed by atoms with Crippen LogP contribution in [0.4, 0.5) is 11.8 Å². The summed E-state index contributed by atoms with van der Waals surface area (Å²) >= 11 is 0. The molecule has 0 spiro atoms. The summed E-state index contributed by atoms with van der Waals surface area (Å²) in [6.45, 7) is 3.00. The third-order valence-electron chi connectivity index (χ3n) is 6.50. The lowest BCUT2D eigenvalue weighted by Gasteiger charge is -2.28. The van der Waals surface area contributed by atoms with Crippen molar-refractivity contribution < 1.29 is 4.74 Å². The average Bonchev–Trinajstić information content (AvgIpc) is 2.82. The maximum Gasteiger partial charge on any atom is 0.227 e. The van der Waals surface area contributed by atoms with Crippen LogP contribution in [-0.2, 0) is 0 Å². The second kappa shape index (κ2) is 10.9. The summed E-state index contributed by atoms with van der Waals surface area (Å²) in [5, 5.41) is 4.78. The molecular weight excluding hydrogens is 398 g/mol. The lowest BCUT2D eigenvalue weighted by molar-refractivity contribution is 0.414. The molecule has 0 amide bonds. The Morgan fingerprint density at radius 3 is 2.53 bits per heavy atom. The second-order valence-corrected chi connectivity index (χ2v) is 9.32. The first kappa shape index (κ1) is 22.7. The standard InChI is InChI=1S/C26H37N5O/c1-30(2)15-11-8-12-20-18-23-22(19-24(20)32-3)25(27-21-13-6-4-7-14-21)29-26(28-23)31-16-9-5-10-17-31/h18-19,21H,4-7,9-11,13-17H2,1-3H3,(H,27,28,29). The molecule has 1 aromatic carbocycles. The van der Waals surface area contributed by atoms with Gasteiger partial charge in [0.2, 0.25) is 5.95 Å². The first-order valence-corrected chi connectivity index (χ1v) is 12.2. The van der Waals surface area contributed by atoms with Gasteiger partial charge in [0.05, 0.1) is 18.2 Å². The number of ether oxygens (including phenoxy) is 1. The normalized spacial score (nSPS) is 17.3. The number of fused-ring (bicyclic) bond motifs is 1. The van der Waals surface area contributed by atoms with Gasteiger partial charge in [0, 0.05) is 37.5 Å². The number of rotatable bonds is 6. The fourth-order valence-corrected chi connectivity index (χ4v) is 4.63. The topological polar surface area (TPSA) is 53.5 Å². The van der Waals surface area contributed by atoms with Crippen LogP contribution in [0.5, 0.6) is 5.75 Å². The summed E-state index contributed by atoms with van der Waals surface area (Å²) in [7, 11) is 5.85. The molecule has 4 rings (SSSR count). The van der Waals surface area contributed by atoms with E-state index in [9.17, 15) is 0 Å². The monoisotopic (exact) mass is 435 g/mol. The highest BCUT2D eigenvalue weighted by Gasteiger charge is 2.20. The van der Waals surface area contributed by atoms with Gasteiger partial charge in [0.1, 0.15) is 11.6 Å². The van der Waals surface area contributed by atoms with Crippen molar-refractivity contribution in [3.05, 3.63) is 17.7 Å². The van der Waals surface area contributed by atoms with E-state index in [0.29, 0.717) is 6.04 Å². The highest BCUT2D eigenvalue weighted by molar-refractivity contribution is 5.92. The quantitative estimate of drug-likeness (QED) is 0.665. The van der Waals surface area contributed by atoms with Gasteiger partial charge in [-0.1, -0.05) is 31.1 Å².